The lowest BCUT2D eigenvalue weighted by atomic mass is 10.1. The molecular weight excluding hydrogens is 229 g/mol. The van der Waals surface area contributed by atoms with E-state index in [0.717, 1.165) is 6.92 Å². The van der Waals surface area contributed by atoms with Crippen LogP contribution in [0.5, 0.6) is 5.75 Å². The van der Waals surface area contributed by atoms with Crippen LogP contribution in [0.1, 0.15) is 6.92 Å². The van der Waals surface area contributed by atoms with Gasteiger partial charge in [-0.05, 0) is 19.1 Å². The maximum Gasteiger partial charge on any atom is 0.337 e. The first-order chi connectivity index (χ1) is 7.86. The molecule has 0 radical (unpaired) electrons. The molecule has 0 aliphatic rings. The quantitative estimate of drug-likeness (QED) is 0.721. The van der Waals surface area contributed by atoms with E-state index in [9.17, 15) is 14.3 Å². The van der Waals surface area contributed by atoms with Gasteiger partial charge < -0.3 is 20.3 Å². The highest BCUT2D eigenvalue weighted by Gasteiger charge is 2.29. The van der Waals surface area contributed by atoms with E-state index in [0.29, 0.717) is 5.75 Å². The van der Waals surface area contributed by atoms with E-state index >= 15 is 0 Å². The molecule has 94 valence electrons. The molecule has 0 saturated carbocycles. The van der Waals surface area contributed by atoms with Crippen LogP contribution in [0.25, 0.3) is 0 Å². The normalized spacial score (nSPS) is 13.9. The van der Waals surface area contributed by atoms with Crippen LogP contribution in [0.3, 0.4) is 0 Å². The summed E-state index contributed by atoms with van der Waals surface area (Å²) in [5.74, 6) is -1.50. The number of anilines is 1. The molecule has 6 heteroatoms. The van der Waals surface area contributed by atoms with Crippen LogP contribution < -0.4 is 10.1 Å². The Morgan fingerprint density at radius 3 is 2.76 bits per heavy atom. The fourth-order valence-corrected chi connectivity index (χ4v) is 1.11. The summed E-state index contributed by atoms with van der Waals surface area (Å²) in [6, 6.07) is 4.01. The molecule has 1 atom stereocenters. The van der Waals surface area contributed by atoms with E-state index in [2.05, 4.69) is 5.32 Å². The van der Waals surface area contributed by atoms with Gasteiger partial charge in [0.2, 0.25) is 0 Å². The number of hydrogen-bond acceptors (Lipinski definition) is 4. The Bertz CT molecular complexity index is 420. The summed E-state index contributed by atoms with van der Waals surface area (Å²) in [6.07, 6.45) is 0. The van der Waals surface area contributed by atoms with Crippen LogP contribution in [0.2, 0.25) is 0 Å². The molecule has 0 aliphatic heterocycles. The number of halogens is 1. The molecule has 1 aromatic carbocycles. The Balaban J connectivity index is 2.78. The number of nitrogens with one attached hydrogen (secondary N) is 1. The molecule has 17 heavy (non-hydrogen) atoms. The van der Waals surface area contributed by atoms with Gasteiger partial charge in [0.15, 0.2) is 5.60 Å². The van der Waals surface area contributed by atoms with Crippen molar-refractivity contribution >= 4 is 11.7 Å². The van der Waals surface area contributed by atoms with Crippen LogP contribution in [-0.4, -0.2) is 35.4 Å². The van der Waals surface area contributed by atoms with Crippen LogP contribution in [0.15, 0.2) is 18.2 Å². The van der Waals surface area contributed by atoms with Crippen molar-refractivity contribution in [3.05, 3.63) is 24.0 Å². The zero-order chi connectivity index (χ0) is 13.1. The number of carboxylic acid groups (broad SMARTS) is 1. The molecular formula is C11H14FNO4. The molecule has 0 amide bonds. The van der Waals surface area contributed by atoms with Crippen LogP contribution in [0.4, 0.5) is 10.1 Å². The minimum Gasteiger partial charge on any atom is -0.497 e. The monoisotopic (exact) mass is 243 g/mol. The molecule has 0 aromatic heterocycles. The number of benzene rings is 1. The highest BCUT2D eigenvalue weighted by molar-refractivity contribution is 5.77. The Morgan fingerprint density at radius 2 is 2.24 bits per heavy atom. The average Bonchev–Trinajstić information content (AvgIpc) is 2.28. The van der Waals surface area contributed by atoms with E-state index in [-0.39, 0.29) is 12.2 Å². The Kier molecular flexibility index (Phi) is 3.90. The minimum absolute atomic E-state index is 0.0749. The summed E-state index contributed by atoms with van der Waals surface area (Å²) in [7, 11) is 1.43. The number of ether oxygens (including phenoxy) is 1. The van der Waals surface area contributed by atoms with Gasteiger partial charge >= 0.3 is 5.97 Å². The van der Waals surface area contributed by atoms with Crippen molar-refractivity contribution < 1.29 is 24.1 Å². The van der Waals surface area contributed by atoms with Crippen molar-refractivity contribution in [3.8, 4) is 5.75 Å². The summed E-state index contributed by atoms with van der Waals surface area (Å²) in [4.78, 5) is 10.6. The fraction of sp³-hybridized carbons (Fsp3) is 0.364. The number of aliphatic carboxylic acids is 1. The Morgan fingerprint density at radius 1 is 1.59 bits per heavy atom. The Hall–Kier alpha value is -1.82. The average molecular weight is 243 g/mol. The first-order valence-electron chi connectivity index (χ1n) is 4.90. The summed E-state index contributed by atoms with van der Waals surface area (Å²) >= 11 is 0. The van der Waals surface area contributed by atoms with Gasteiger partial charge in [0, 0.05) is 6.07 Å². The third-order valence-corrected chi connectivity index (χ3v) is 2.26. The topological polar surface area (TPSA) is 78.8 Å². The standard InChI is InChI=1S/C11H14FNO4/c1-11(16,10(14)15)6-13-9-5-7(17-2)3-4-8(9)12/h3-5,13,16H,6H2,1-2H3,(H,14,15). The predicted molar refractivity (Wildman–Crippen MR) is 59.7 cm³/mol. The molecule has 0 saturated heterocycles. The van der Waals surface area contributed by atoms with E-state index < -0.39 is 17.4 Å². The highest BCUT2D eigenvalue weighted by Crippen LogP contribution is 2.21. The first-order valence-corrected chi connectivity index (χ1v) is 4.90. The molecule has 3 N–H and O–H groups in total. The molecule has 0 spiro atoms. The van der Waals surface area contributed by atoms with E-state index in [1.165, 1.54) is 25.3 Å². The zero-order valence-electron chi connectivity index (χ0n) is 9.53. The van der Waals surface area contributed by atoms with Gasteiger partial charge in [0.05, 0.1) is 19.3 Å². The summed E-state index contributed by atoms with van der Waals surface area (Å²) in [6.45, 7) is 0.812. The largest absolute Gasteiger partial charge is 0.497 e. The lowest BCUT2D eigenvalue weighted by Crippen LogP contribution is -2.41. The van der Waals surface area contributed by atoms with E-state index in [4.69, 9.17) is 9.84 Å². The summed E-state index contributed by atoms with van der Waals surface area (Å²) in [5.41, 5.74) is -1.89. The van der Waals surface area contributed by atoms with Crippen molar-refractivity contribution in [2.75, 3.05) is 19.0 Å². The molecule has 0 heterocycles. The van der Waals surface area contributed by atoms with Gasteiger partial charge in [-0.3, -0.25) is 0 Å². The van der Waals surface area contributed by atoms with Crippen molar-refractivity contribution in [1.29, 1.82) is 0 Å². The van der Waals surface area contributed by atoms with Gasteiger partial charge in [-0.25, -0.2) is 9.18 Å². The molecule has 1 unspecified atom stereocenters. The van der Waals surface area contributed by atoms with Crippen molar-refractivity contribution in [3.63, 3.8) is 0 Å². The second-order valence-electron chi connectivity index (χ2n) is 3.78. The smallest absolute Gasteiger partial charge is 0.337 e. The lowest BCUT2D eigenvalue weighted by Gasteiger charge is -2.19. The zero-order valence-corrected chi connectivity index (χ0v) is 9.53. The highest BCUT2D eigenvalue weighted by atomic mass is 19.1. The summed E-state index contributed by atoms with van der Waals surface area (Å²) < 4.78 is 18.2. The van der Waals surface area contributed by atoms with Gasteiger partial charge in [-0.2, -0.15) is 0 Å². The lowest BCUT2D eigenvalue weighted by molar-refractivity contribution is -0.155. The van der Waals surface area contributed by atoms with Crippen LogP contribution >= 0.6 is 0 Å². The molecule has 1 aromatic rings. The maximum absolute atomic E-state index is 13.3. The van der Waals surface area contributed by atoms with Gasteiger partial charge in [-0.15, -0.1) is 0 Å². The molecule has 1 rings (SSSR count). The Labute approximate surface area is 97.8 Å². The van der Waals surface area contributed by atoms with Crippen LogP contribution in [0, 0.1) is 5.82 Å². The van der Waals surface area contributed by atoms with Gasteiger partial charge in [-0.1, -0.05) is 0 Å². The fourth-order valence-electron chi connectivity index (χ4n) is 1.11. The third kappa shape index (κ3) is 3.32. The summed E-state index contributed by atoms with van der Waals surface area (Å²) in [5, 5.41) is 20.7. The van der Waals surface area contributed by atoms with Crippen molar-refractivity contribution in [2.45, 2.75) is 12.5 Å². The van der Waals surface area contributed by atoms with Gasteiger partial charge in [0.25, 0.3) is 0 Å². The van der Waals surface area contributed by atoms with Gasteiger partial charge in [0.1, 0.15) is 11.6 Å². The molecule has 5 nitrogen and oxygen atoms in total. The number of carboxylic acids is 1. The first kappa shape index (κ1) is 13.2. The number of hydrogen-bond donors (Lipinski definition) is 3. The van der Waals surface area contributed by atoms with Crippen molar-refractivity contribution in [1.82, 2.24) is 0 Å². The SMILES string of the molecule is COc1ccc(F)c(NCC(C)(O)C(=O)O)c1. The number of methoxy groups -OCH3 is 1. The second-order valence-corrected chi connectivity index (χ2v) is 3.78. The predicted octanol–water partition coefficient (Wildman–Crippen LogP) is 1.08. The molecule has 0 bridgehead atoms. The molecule has 0 fully saturated rings. The molecule has 0 aliphatic carbocycles. The number of carbonyl (C=O) groups is 1. The second kappa shape index (κ2) is 5.01. The van der Waals surface area contributed by atoms with E-state index in [1.54, 1.807) is 0 Å². The van der Waals surface area contributed by atoms with Crippen molar-refractivity contribution in [2.24, 2.45) is 0 Å². The van der Waals surface area contributed by atoms with Crippen LogP contribution in [-0.2, 0) is 4.79 Å². The maximum atomic E-state index is 13.3. The number of aliphatic hydroxyl groups is 1. The number of rotatable bonds is 5. The third-order valence-electron chi connectivity index (χ3n) is 2.26. The van der Waals surface area contributed by atoms with E-state index in [1.807, 2.05) is 0 Å². The minimum atomic E-state index is -1.96.